The van der Waals surface area contributed by atoms with Crippen LogP contribution in [0.25, 0.3) is 0 Å². The third kappa shape index (κ3) is 4.48. The lowest BCUT2D eigenvalue weighted by molar-refractivity contribution is -0.137. The summed E-state index contributed by atoms with van der Waals surface area (Å²) in [5, 5.41) is 9.06. The van der Waals surface area contributed by atoms with Crippen molar-refractivity contribution in [3.05, 3.63) is 29.8 Å². The Balaban J connectivity index is 1.85. The molecule has 0 aliphatic carbocycles. The summed E-state index contributed by atoms with van der Waals surface area (Å²) in [6.45, 7) is 4.16. The van der Waals surface area contributed by atoms with E-state index >= 15 is 0 Å². The van der Waals surface area contributed by atoms with Gasteiger partial charge in [0, 0.05) is 24.7 Å². The highest BCUT2D eigenvalue weighted by atomic mass is 16.4. The van der Waals surface area contributed by atoms with Crippen molar-refractivity contribution < 1.29 is 9.90 Å². The van der Waals surface area contributed by atoms with Crippen LogP contribution < -0.4 is 4.90 Å². The van der Waals surface area contributed by atoms with Crippen LogP contribution in [0.4, 0.5) is 5.69 Å². The Morgan fingerprint density at radius 2 is 1.90 bits per heavy atom. The predicted octanol–water partition coefficient (Wildman–Crippen LogP) is 4.43. The van der Waals surface area contributed by atoms with Crippen LogP contribution in [-0.4, -0.2) is 24.2 Å². The van der Waals surface area contributed by atoms with Gasteiger partial charge in [-0.15, -0.1) is 0 Å². The Bertz CT molecular complexity index is 458. The normalized spacial score (nSPS) is 17.0. The summed E-state index contributed by atoms with van der Waals surface area (Å²) in [4.78, 5) is 13.4. The number of anilines is 1. The Labute approximate surface area is 128 Å². The lowest BCUT2D eigenvalue weighted by atomic mass is 9.98. The van der Waals surface area contributed by atoms with Crippen LogP contribution in [0.5, 0.6) is 0 Å². The van der Waals surface area contributed by atoms with E-state index in [1.807, 2.05) is 6.07 Å². The summed E-state index contributed by atoms with van der Waals surface area (Å²) in [5.74, 6) is -0.546. The lowest BCUT2D eigenvalue weighted by Gasteiger charge is -2.19. The summed E-state index contributed by atoms with van der Waals surface area (Å²) in [5.41, 5.74) is 2.46. The molecule has 1 atom stereocenters. The van der Waals surface area contributed by atoms with Crippen LogP contribution in [0.15, 0.2) is 24.3 Å². The van der Waals surface area contributed by atoms with Gasteiger partial charge in [-0.3, -0.25) is 4.79 Å². The maximum Gasteiger partial charge on any atom is 0.304 e. The van der Waals surface area contributed by atoms with Crippen LogP contribution >= 0.6 is 0 Å². The molecule has 0 fully saturated rings. The molecule has 0 aromatic heterocycles. The monoisotopic (exact) mass is 289 g/mol. The van der Waals surface area contributed by atoms with Crippen LogP contribution in [0.2, 0.25) is 0 Å². The highest BCUT2D eigenvalue weighted by Crippen LogP contribution is 2.37. The molecule has 1 aliphatic rings. The number of aliphatic carboxylic acids is 1. The van der Waals surface area contributed by atoms with Crippen molar-refractivity contribution in [2.24, 2.45) is 0 Å². The average Bonchev–Trinajstić information content (AvgIpc) is 2.81. The topological polar surface area (TPSA) is 40.5 Å². The molecule has 1 aromatic carbocycles. The molecule has 1 aliphatic heterocycles. The summed E-state index contributed by atoms with van der Waals surface area (Å²) < 4.78 is 0. The number of carboxylic acid groups (broad SMARTS) is 1. The SMILES string of the molecule is CCCCCCCCN1CC(CC(=O)O)c2ccccc21. The molecule has 0 spiro atoms. The molecule has 1 heterocycles. The highest BCUT2D eigenvalue weighted by molar-refractivity contribution is 5.71. The van der Waals surface area contributed by atoms with E-state index in [4.69, 9.17) is 5.11 Å². The van der Waals surface area contributed by atoms with Crippen molar-refractivity contribution in [2.75, 3.05) is 18.0 Å². The molecule has 1 unspecified atom stereocenters. The first-order valence-corrected chi connectivity index (χ1v) is 8.28. The van der Waals surface area contributed by atoms with Crippen molar-refractivity contribution in [1.82, 2.24) is 0 Å². The second-order valence-corrected chi connectivity index (χ2v) is 6.07. The number of para-hydroxylation sites is 1. The quantitative estimate of drug-likeness (QED) is 0.684. The highest BCUT2D eigenvalue weighted by Gasteiger charge is 2.29. The molecule has 1 N–H and O–H groups in total. The van der Waals surface area contributed by atoms with Crippen LogP contribution in [0, 0.1) is 0 Å². The molecule has 2 rings (SSSR count). The Kier molecular flexibility index (Phi) is 6.09. The number of rotatable bonds is 9. The summed E-state index contributed by atoms with van der Waals surface area (Å²) in [7, 11) is 0. The minimum absolute atomic E-state index is 0.152. The Morgan fingerprint density at radius 1 is 1.19 bits per heavy atom. The van der Waals surface area contributed by atoms with Crippen molar-refractivity contribution >= 4 is 11.7 Å². The first kappa shape index (κ1) is 15.9. The molecular weight excluding hydrogens is 262 g/mol. The molecule has 21 heavy (non-hydrogen) atoms. The zero-order valence-electron chi connectivity index (χ0n) is 13.1. The first-order valence-electron chi connectivity index (χ1n) is 8.28. The number of carbonyl (C=O) groups is 1. The van der Waals surface area contributed by atoms with E-state index in [0.29, 0.717) is 0 Å². The fourth-order valence-electron chi connectivity index (χ4n) is 3.26. The van der Waals surface area contributed by atoms with Gasteiger partial charge in [-0.1, -0.05) is 57.2 Å². The number of benzene rings is 1. The van der Waals surface area contributed by atoms with Crippen molar-refractivity contribution in [1.29, 1.82) is 0 Å². The van der Waals surface area contributed by atoms with Crippen molar-refractivity contribution in [2.45, 2.75) is 57.8 Å². The number of unbranched alkanes of at least 4 members (excludes halogenated alkanes) is 5. The minimum Gasteiger partial charge on any atom is -0.481 e. The second kappa shape index (κ2) is 8.06. The molecule has 0 amide bonds. The fourth-order valence-corrected chi connectivity index (χ4v) is 3.26. The van der Waals surface area contributed by atoms with E-state index in [-0.39, 0.29) is 12.3 Å². The number of hydrogen-bond acceptors (Lipinski definition) is 2. The van der Waals surface area contributed by atoms with Gasteiger partial charge >= 0.3 is 5.97 Å². The van der Waals surface area contributed by atoms with Crippen molar-refractivity contribution in [3.63, 3.8) is 0 Å². The molecule has 0 radical (unpaired) electrons. The summed E-state index contributed by atoms with van der Waals surface area (Å²) >= 11 is 0. The Hall–Kier alpha value is -1.51. The lowest BCUT2D eigenvalue weighted by Crippen LogP contribution is -2.23. The number of carboxylic acids is 1. The molecule has 3 nitrogen and oxygen atoms in total. The van der Waals surface area contributed by atoms with E-state index in [0.717, 1.165) is 13.1 Å². The molecule has 0 bridgehead atoms. The van der Waals surface area contributed by atoms with Gasteiger partial charge < -0.3 is 10.0 Å². The van der Waals surface area contributed by atoms with Gasteiger partial charge in [0.05, 0.1) is 6.42 Å². The average molecular weight is 289 g/mol. The zero-order valence-corrected chi connectivity index (χ0v) is 13.1. The van der Waals surface area contributed by atoms with Crippen LogP contribution in [0.3, 0.4) is 0 Å². The van der Waals surface area contributed by atoms with Gasteiger partial charge in [0.1, 0.15) is 0 Å². The number of fused-ring (bicyclic) bond motifs is 1. The summed E-state index contributed by atoms with van der Waals surface area (Å²) in [6, 6.07) is 8.29. The van der Waals surface area contributed by atoms with E-state index in [2.05, 4.69) is 30.0 Å². The van der Waals surface area contributed by atoms with E-state index in [1.165, 1.54) is 49.8 Å². The van der Waals surface area contributed by atoms with E-state index in [9.17, 15) is 4.79 Å². The minimum atomic E-state index is -0.698. The first-order chi connectivity index (χ1) is 10.2. The van der Waals surface area contributed by atoms with E-state index in [1.54, 1.807) is 0 Å². The largest absolute Gasteiger partial charge is 0.481 e. The summed E-state index contributed by atoms with van der Waals surface area (Å²) in [6.07, 6.45) is 8.02. The van der Waals surface area contributed by atoms with Gasteiger partial charge in [0.2, 0.25) is 0 Å². The Morgan fingerprint density at radius 3 is 2.67 bits per heavy atom. The molecule has 1 aromatic rings. The molecule has 116 valence electrons. The predicted molar refractivity (Wildman–Crippen MR) is 87.0 cm³/mol. The van der Waals surface area contributed by atoms with Crippen LogP contribution in [-0.2, 0) is 4.79 Å². The van der Waals surface area contributed by atoms with Crippen molar-refractivity contribution in [3.8, 4) is 0 Å². The van der Waals surface area contributed by atoms with Gasteiger partial charge in [0.15, 0.2) is 0 Å². The van der Waals surface area contributed by atoms with E-state index < -0.39 is 5.97 Å². The van der Waals surface area contributed by atoms with Crippen LogP contribution in [0.1, 0.15) is 63.4 Å². The fraction of sp³-hybridized carbons (Fsp3) is 0.611. The molecule has 0 saturated carbocycles. The maximum absolute atomic E-state index is 11.0. The van der Waals surface area contributed by atoms with Gasteiger partial charge in [-0.05, 0) is 18.1 Å². The second-order valence-electron chi connectivity index (χ2n) is 6.07. The third-order valence-corrected chi connectivity index (χ3v) is 4.36. The molecular formula is C18H27NO2. The number of hydrogen-bond donors (Lipinski definition) is 1. The maximum atomic E-state index is 11.0. The molecule has 3 heteroatoms. The van der Waals surface area contributed by atoms with Gasteiger partial charge in [-0.2, -0.15) is 0 Å². The smallest absolute Gasteiger partial charge is 0.304 e. The zero-order chi connectivity index (χ0) is 15.1. The molecule has 0 saturated heterocycles. The number of nitrogens with zero attached hydrogens (tertiary/aromatic N) is 1. The van der Waals surface area contributed by atoms with Gasteiger partial charge in [-0.25, -0.2) is 0 Å². The standard InChI is InChI=1S/C18H27NO2/c1-2-3-4-5-6-9-12-19-14-15(13-18(20)21)16-10-7-8-11-17(16)19/h7-8,10-11,15H,2-6,9,12-14H2,1H3,(H,20,21). The third-order valence-electron chi connectivity index (χ3n) is 4.36. The van der Waals surface area contributed by atoms with Gasteiger partial charge in [0.25, 0.3) is 0 Å².